The van der Waals surface area contributed by atoms with Crippen LogP contribution in [0.25, 0.3) is 33.4 Å². The number of hydrogen-bond acceptors (Lipinski definition) is 0. The highest BCUT2D eigenvalue weighted by atomic mass is 14.5. The lowest BCUT2D eigenvalue weighted by molar-refractivity contribution is 0.767. The van der Waals surface area contributed by atoms with E-state index in [9.17, 15) is 0 Å². The predicted octanol–water partition coefficient (Wildman–Crippen LogP) is 10.6. The van der Waals surface area contributed by atoms with Crippen LogP contribution in [-0.2, 0) is 5.41 Å². The monoisotopic (exact) mass is 526 g/mol. The van der Waals surface area contributed by atoms with Crippen LogP contribution in [0, 0.1) is 27.7 Å². The first-order chi connectivity index (χ1) is 19.9. The molecule has 0 saturated carbocycles. The van der Waals surface area contributed by atoms with E-state index in [-0.39, 0.29) is 0 Å². The Balaban J connectivity index is 1.56. The average Bonchev–Trinajstić information content (AvgIpc) is 3.27. The summed E-state index contributed by atoms with van der Waals surface area (Å²) in [4.78, 5) is 0. The van der Waals surface area contributed by atoms with Crippen molar-refractivity contribution in [2.75, 3.05) is 0 Å². The molecule has 0 heteroatoms. The molecule has 0 saturated heterocycles. The standard InChI is InChI=1S/C41H34/c1-27-11-17-31(18-12-27)33-7-5-9-35(25-33)41(36-10-6-8-34(26-36)32-19-13-28(2)14-20-32)39-23-29(3)15-21-37(39)38-22-16-30(4)24-40(38)41/h5-26H,1-4H3. The van der Waals surface area contributed by atoms with Crippen molar-refractivity contribution in [2.45, 2.75) is 33.1 Å². The van der Waals surface area contributed by atoms with Crippen LogP contribution < -0.4 is 0 Å². The molecule has 6 aromatic rings. The molecule has 0 unspecified atom stereocenters. The van der Waals surface area contributed by atoms with Crippen molar-refractivity contribution in [1.29, 1.82) is 0 Å². The summed E-state index contributed by atoms with van der Waals surface area (Å²) < 4.78 is 0. The number of hydrogen-bond donors (Lipinski definition) is 0. The fourth-order valence-corrected chi connectivity index (χ4v) is 6.70. The molecule has 0 aromatic heterocycles. The Labute approximate surface area is 244 Å². The molecule has 1 aliphatic rings. The van der Waals surface area contributed by atoms with Crippen LogP contribution in [0.3, 0.4) is 0 Å². The third-order valence-corrected chi connectivity index (χ3v) is 8.81. The van der Waals surface area contributed by atoms with Crippen LogP contribution in [0.5, 0.6) is 0 Å². The smallest absolute Gasteiger partial charge is 0.0613 e. The number of rotatable bonds is 4. The quantitative estimate of drug-likeness (QED) is 0.214. The fraction of sp³-hybridized carbons (Fsp3) is 0.122. The Bertz CT molecular complexity index is 1760. The normalized spacial score (nSPS) is 13.1. The summed E-state index contributed by atoms with van der Waals surface area (Å²) in [5.74, 6) is 0. The predicted molar refractivity (Wildman–Crippen MR) is 174 cm³/mol. The Morgan fingerprint density at radius 2 is 0.732 bits per heavy atom. The van der Waals surface area contributed by atoms with Crippen molar-refractivity contribution in [1.82, 2.24) is 0 Å². The molecule has 0 nitrogen and oxygen atoms in total. The van der Waals surface area contributed by atoms with E-state index in [4.69, 9.17) is 0 Å². The van der Waals surface area contributed by atoms with Gasteiger partial charge in [0, 0.05) is 0 Å². The maximum Gasteiger partial charge on any atom is 0.0714 e. The van der Waals surface area contributed by atoms with Gasteiger partial charge in [-0.2, -0.15) is 0 Å². The van der Waals surface area contributed by atoms with Crippen molar-refractivity contribution < 1.29 is 0 Å². The first-order valence-corrected chi connectivity index (χ1v) is 14.5. The van der Waals surface area contributed by atoms with E-state index >= 15 is 0 Å². The van der Waals surface area contributed by atoms with Gasteiger partial charge in [-0.25, -0.2) is 0 Å². The number of aryl methyl sites for hydroxylation is 4. The highest BCUT2D eigenvalue weighted by molar-refractivity contribution is 5.87. The van der Waals surface area contributed by atoms with Crippen LogP contribution in [0.4, 0.5) is 0 Å². The lowest BCUT2D eigenvalue weighted by Crippen LogP contribution is -2.29. The van der Waals surface area contributed by atoms with Crippen LogP contribution in [0.2, 0.25) is 0 Å². The first-order valence-electron chi connectivity index (χ1n) is 14.5. The van der Waals surface area contributed by atoms with Gasteiger partial charge in [-0.1, -0.05) is 144 Å². The molecule has 0 spiro atoms. The van der Waals surface area contributed by atoms with Crippen LogP contribution >= 0.6 is 0 Å². The van der Waals surface area contributed by atoms with Gasteiger partial charge in [0.05, 0.1) is 5.41 Å². The second-order valence-corrected chi connectivity index (χ2v) is 11.7. The zero-order chi connectivity index (χ0) is 28.1. The molecular formula is C41H34. The molecule has 0 fully saturated rings. The fourth-order valence-electron chi connectivity index (χ4n) is 6.70. The molecule has 0 aliphatic heterocycles. The maximum absolute atomic E-state index is 2.42. The molecule has 41 heavy (non-hydrogen) atoms. The summed E-state index contributed by atoms with van der Waals surface area (Å²) in [5, 5.41) is 0. The van der Waals surface area contributed by atoms with Gasteiger partial charge in [0.1, 0.15) is 0 Å². The molecule has 198 valence electrons. The van der Waals surface area contributed by atoms with E-state index in [0.717, 1.165) is 0 Å². The minimum absolute atomic E-state index is 0.440. The van der Waals surface area contributed by atoms with Crippen molar-refractivity contribution in [3.8, 4) is 33.4 Å². The van der Waals surface area contributed by atoms with Crippen molar-refractivity contribution in [2.24, 2.45) is 0 Å². The van der Waals surface area contributed by atoms with Gasteiger partial charge < -0.3 is 0 Å². The van der Waals surface area contributed by atoms with Gasteiger partial charge in [0.25, 0.3) is 0 Å². The van der Waals surface area contributed by atoms with E-state index < -0.39 is 5.41 Å². The molecule has 0 radical (unpaired) electrons. The van der Waals surface area contributed by atoms with Crippen molar-refractivity contribution in [3.63, 3.8) is 0 Å². The molecule has 7 rings (SSSR count). The van der Waals surface area contributed by atoms with Gasteiger partial charge in [0.15, 0.2) is 0 Å². The molecule has 0 N–H and O–H groups in total. The summed E-state index contributed by atoms with van der Waals surface area (Å²) in [5.41, 5.74) is 17.6. The Kier molecular flexibility index (Phi) is 6.02. The summed E-state index contributed by atoms with van der Waals surface area (Å²) in [6.45, 7) is 8.72. The molecule has 1 aliphatic carbocycles. The molecule has 0 atom stereocenters. The minimum Gasteiger partial charge on any atom is -0.0613 e. The van der Waals surface area contributed by atoms with E-state index in [1.165, 1.54) is 77.9 Å². The van der Waals surface area contributed by atoms with Gasteiger partial charge in [0.2, 0.25) is 0 Å². The Hall–Kier alpha value is -4.68. The van der Waals surface area contributed by atoms with Gasteiger partial charge in [-0.3, -0.25) is 0 Å². The van der Waals surface area contributed by atoms with Crippen LogP contribution in [0.15, 0.2) is 133 Å². The second-order valence-electron chi connectivity index (χ2n) is 11.7. The average molecular weight is 527 g/mol. The molecule has 0 bridgehead atoms. The third kappa shape index (κ3) is 4.14. The second kappa shape index (κ2) is 9.75. The number of fused-ring (bicyclic) bond motifs is 3. The van der Waals surface area contributed by atoms with Crippen molar-refractivity contribution >= 4 is 0 Å². The van der Waals surface area contributed by atoms with E-state index in [1.807, 2.05) is 0 Å². The summed E-state index contributed by atoms with van der Waals surface area (Å²) in [6.07, 6.45) is 0. The highest BCUT2D eigenvalue weighted by Crippen LogP contribution is 2.57. The third-order valence-electron chi connectivity index (χ3n) is 8.81. The van der Waals surface area contributed by atoms with Crippen LogP contribution in [0.1, 0.15) is 44.5 Å². The topological polar surface area (TPSA) is 0 Å². The van der Waals surface area contributed by atoms with E-state index in [0.29, 0.717) is 0 Å². The summed E-state index contributed by atoms with van der Waals surface area (Å²) >= 11 is 0. The number of benzene rings is 6. The lowest BCUT2D eigenvalue weighted by atomic mass is 9.66. The molecular weight excluding hydrogens is 492 g/mol. The Morgan fingerprint density at radius 1 is 0.341 bits per heavy atom. The van der Waals surface area contributed by atoms with Gasteiger partial charge in [-0.05, 0) is 95.5 Å². The van der Waals surface area contributed by atoms with Crippen LogP contribution in [-0.4, -0.2) is 0 Å². The maximum atomic E-state index is 2.42. The van der Waals surface area contributed by atoms with E-state index in [1.54, 1.807) is 0 Å². The highest BCUT2D eigenvalue weighted by Gasteiger charge is 2.46. The molecule has 0 amide bonds. The zero-order valence-corrected chi connectivity index (χ0v) is 24.2. The van der Waals surface area contributed by atoms with Gasteiger partial charge >= 0.3 is 0 Å². The summed E-state index contributed by atoms with van der Waals surface area (Å²) in [7, 11) is 0. The zero-order valence-electron chi connectivity index (χ0n) is 24.2. The molecule has 6 aromatic carbocycles. The lowest BCUT2D eigenvalue weighted by Gasteiger charge is -2.35. The van der Waals surface area contributed by atoms with E-state index in [2.05, 4.69) is 161 Å². The largest absolute Gasteiger partial charge is 0.0714 e. The van der Waals surface area contributed by atoms with Gasteiger partial charge in [-0.15, -0.1) is 0 Å². The summed E-state index contributed by atoms with van der Waals surface area (Å²) in [6, 6.07) is 50.2. The Morgan fingerprint density at radius 3 is 1.15 bits per heavy atom. The first kappa shape index (κ1) is 25.3. The van der Waals surface area contributed by atoms with Crippen molar-refractivity contribution in [3.05, 3.63) is 178 Å². The molecule has 0 heterocycles. The minimum atomic E-state index is -0.440. The SMILES string of the molecule is Cc1ccc(-c2cccc(C3(c4cccc(-c5ccc(C)cc5)c4)c4cc(C)ccc4-c4ccc(C)cc43)c2)cc1.